The standard InChI is InChI=1S/C17H14F4INO3/c1-16(25,9-26-12-5-2-10(18)3-6-12)15(24)23-11-4-7-14(22)13(8-11)17(19,20)21/h2-8,25H,9H2,1H3,(H,23,24)/t16-/m0/s1. The summed E-state index contributed by atoms with van der Waals surface area (Å²) >= 11 is 1.55. The summed E-state index contributed by atoms with van der Waals surface area (Å²) in [5, 5.41) is 12.4. The number of rotatable bonds is 5. The van der Waals surface area contributed by atoms with Gasteiger partial charge in [-0.3, -0.25) is 4.79 Å². The lowest BCUT2D eigenvalue weighted by Gasteiger charge is -2.23. The van der Waals surface area contributed by atoms with E-state index in [0.717, 1.165) is 25.1 Å². The van der Waals surface area contributed by atoms with Crippen molar-refractivity contribution in [2.24, 2.45) is 0 Å². The summed E-state index contributed by atoms with van der Waals surface area (Å²) in [5.41, 5.74) is -3.02. The van der Waals surface area contributed by atoms with E-state index >= 15 is 0 Å². The molecule has 140 valence electrons. The number of carbonyl (C=O) groups is 1. The first-order valence-electron chi connectivity index (χ1n) is 7.28. The summed E-state index contributed by atoms with van der Waals surface area (Å²) in [4.78, 5) is 12.2. The highest BCUT2D eigenvalue weighted by atomic mass is 127. The molecule has 0 fully saturated rings. The van der Waals surface area contributed by atoms with E-state index in [0.29, 0.717) is 0 Å². The molecular weight excluding hydrogens is 469 g/mol. The van der Waals surface area contributed by atoms with E-state index in [1.807, 2.05) is 0 Å². The van der Waals surface area contributed by atoms with E-state index in [4.69, 9.17) is 4.74 Å². The molecule has 0 aliphatic carbocycles. The number of alkyl halides is 3. The number of hydrogen-bond donors (Lipinski definition) is 2. The Morgan fingerprint density at radius 1 is 1.19 bits per heavy atom. The third-order valence-electron chi connectivity index (χ3n) is 3.35. The minimum atomic E-state index is -4.56. The van der Waals surface area contributed by atoms with E-state index in [1.165, 1.54) is 24.3 Å². The van der Waals surface area contributed by atoms with E-state index in [9.17, 15) is 27.5 Å². The molecule has 0 aromatic heterocycles. The van der Waals surface area contributed by atoms with Crippen molar-refractivity contribution in [3.8, 4) is 5.75 Å². The molecule has 26 heavy (non-hydrogen) atoms. The Bertz CT molecular complexity index is 792. The van der Waals surface area contributed by atoms with Crippen molar-refractivity contribution in [2.45, 2.75) is 18.7 Å². The van der Waals surface area contributed by atoms with Crippen LogP contribution in [0.25, 0.3) is 0 Å². The Morgan fingerprint density at radius 2 is 1.81 bits per heavy atom. The molecule has 0 spiro atoms. The maximum Gasteiger partial charge on any atom is 0.417 e. The van der Waals surface area contributed by atoms with Crippen LogP contribution in [0.1, 0.15) is 12.5 Å². The van der Waals surface area contributed by atoms with Gasteiger partial charge in [0.25, 0.3) is 5.91 Å². The Balaban J connectivity index is 2.06. The monoisotopic (exact) mass is 483 g/mol. The van der Waals surface area contributed by atoms with Crippen LogP contribution in [0, 0.1) is 9.39 Å². The topological polar surface area (TPSA) is 58.6 Å². The Hall–Kier alpha value is -1.88. The van der Waals surface area contributed by atoms with Crippen molar-refractivity contribution in [3.05, 3.63) is 57.4 Å². The first kappa shape index (κ1) is 20.4. The van der Waals surface area contributed by atoms with Crippen LogP contribution in [0.15, 0.2) is 42.5 Å². The van der Waals surface area contributed by atoms with E-state index in [2.05, 4.69) is 5.32 Å². The second-order valence-corrected chi connectivity index (χ2v) is 6.83. The van der Waals surface area contributed by atoms with Crippen molar-refractivity contribution in [3.63, 3.8) is 0 Å². The van der Waals surface area contributed by atoms with Gasteiger partial charge < -0.3 is 15.2 Å². The molecule has 9 heteroatoms. The highest BCUT2D eigenvalue weighted by Crippen LogP contribution is 2.34. The van der Waals surface area contributed by atoms with Gasteiger partial charge in [-0.25, -0.2) is 4.39 Å². The number of ether oxygens (including phenoxy) is 1. The molecule has 2 N–H and O–H groups in total. The van der Waals surface area contributed by atoms with Gasteiger partial charge in [-0.1, -0.05) is 0 Å². The molecule has 0 saturated carbocycles. The molecule has 0 heterocycles. The SMILES string of the molecule is C[C@](O)(COc1ccc(F)cc1)C(=O)Nc1ccc(I)c(C(F)(F)F)c1. The van der Waals surface area contributed by atoms with Crippen LogP contribution in [0.5, 0.6) is 5.75 Å². The zero-order chi connectivity index (χ0) is 19.5. The Labute approximate surface area is 160 Å². The summed E-state index contributed by atoms with van der Waals surface area (Å²) in [5.74, 6) is -1.18. The molecule has 2 aromatic rings. The lowest BCUT2D eigenvalue weighted by molar-refractivity contribution is -0.138. The fourth-order valence-corrected chi connectivity index (χ4v) is 2.55. The number of aliphatic hydroxyl groups is 1. The van der Waals surface area contributed by atoms with E-state index in [1.54, 1.807) is 22.6 Å². The number of carbonyl (C=O) groups excluding carboxylic acids is 1. The largest absolute Gasteiger partial charge is 0.490 e. The quantitative estimate of drug-likeness (QED) is 0.495. The summed E-state index contributed by atoms with van der Waals surface area (Å²) < 4.78 is 56.8. The highest BCUT2D eigenvalue weighted by molar-refractivity contribution is 14.1. The molecule has 0 radical (unpaired) electrons. The van der Waals surface area contributed by atoms with Crippen molar-refractivity contribution in [1.82, 2.24) is 0 Å². The normalized spacial score (nSPS) is 13.8. The smallest absolute Gasteiger partial charge is 0.417 e. The van der Waals surface area contributed by atoms with Crippen LogP contribution in [0.2, 0.25) is 0 Å². The molecule has 1 amide bonds. The first-order chi connectivity index (χ1) is 12.0. The average molecular weight is 483 g/mol. The van der Waals surface area contributed by atoms with E-state index in [-0.39, 0.29) is 15.0 Å². The van der Waals surface area contributed by atoms with Crippen LogP contribution < -0.4 is 10.1 Å². The Morgan fingerprint density at radius 3 is 2.38 bits per heavy atom. The molecule has 4 nitrogen and oxygen atoms in total. The number of anilines is 1. The van der Waals surface area contributed by atoms with Crippen molar-refractivity contribution in [2.75, 3.05) is 11.9 Å². The summed E-state index contributed by atoms with van der Waals surface area (Å²) in [6, 6.07) is 8.23. The van der Waals surface area contributed by atoms with Gasteiger partial charge in [0.15, 0.2) is 5.60 Å². The predicted molar refractivity (Wildman–Crippen MR) is 95.3 cm³/mol. The minimum absolute atomic E-state index is 0.0143. The van der Waals surface area contributed by atoms with Gasteiger partial charge in [0.2, 0.25) is 0 Å². The van der Waals surface area contributed by atoms with Gasteiger partial charge in [-0.15, -0.1) is 0 Å². The number of nitrogens with one attached hydrogen (secondary N) is 1. The van der Waals surface area contributed by atoms with Gasteiger partial charge in [-0.2, -0.15) is 13.2 Å². The van der Waals surface area contributed by atoms with Crippen molar-refractivity contribution < 1.29 is 32.2 Å². The number of benzene rings is 2. The molecule has 0 aliphatic heterocycles. The second kappa shape index (κ2) is 7.78. The fourth-order valence-electron chi connectivity index (χ4n) is 1.91. The number of hydrogen-bond acceptors (Lipinski definition) is 3. The highest BCUT2D eigenvalue weighted by Gasteiger charge is 2.35. The van der Waals surface area contributed by atoms with Gasteiger partial charge in [0.1, 0.15) is 18.2 Å². The number of amides is 1. The summed E-state index contributed by atoms with van der Waals surface area (Å²) in [6.45, 7) is 0.685. The zero-order valence-electron chi connectivity index (χ0n) is 13.4. The van der Waals surface area contributed by atoms with Crippen LogP contribution in [0.3, 0.4) is 0 Å². The van der Waals surface area contributed by atoms with Crippen molar-refractivity contribution in [1.29, 1.82) is 0 Å². The molecular formula is C17H14F4INO3. The van der Waals surface area contributed by atoms with Crippen LogP contribution in [0.4, 0.5) is 23.2 Å². The third kappa shape index (κ3) is 5.31. The maximum atomic E-state index is 12.9. The fraction of sp³-hybridized carbons (Fsp3) is 0.235. The van der Waals surface area contributed by atoms with Gasteiger partial charge >= 0.3 is 6.18 Å². The minimum Gasteiger partial charge on any atom is -0.490 e. The summed E-state index contributed by atoms with van der Waals surface area (Å²) in [7, 11) is 0. The third-order valence-corrected chi connectivity index (χ3v) is 4.29. The van der Waals surface area contributed by atoms with Crippen LogP contribution >= 0.6 is 22.6 Å². The van der Waals surface area contributed by atoms with Crippen molar-refractivity contribution >= 4 is 34.2 Å². The zero-order valence-corrected chi connectivity index (χ0v) is 15.6. The molecule has 1 atom stereocenters. The average Bonchev–Trinajstić information content (AvgIpc) is 2.55. The summed E-state index contributed by atoms with van der Waals surface area (Å²) in [6.07, 6.45) is -4.56. The molecule has 0 unspecified atom stereocenters. The molecule has 2 aromatic carbocycles. The molecule has 0 bridgehead atoms. The van der Waals surface area contributed by atoms with Gasteiger partial charge in [-0.05, 0) is 72.0 Å². The van der Waals surface area contributed by atoms with Gasteiger partial charge in [0.05, 0.1) is 5.56 Å². The number of halogens is 5. The molecule has 0 aliphatic rings. The second-order valence-electron chi connectivity index (χ2n) is 5.66. The van der Waals surface area contributed by atoms with Crippen LogP contribution in [-0.2, 0) is 11.0 Å². The molecule has 2 rings (SSSR count). The lowest BCUT2D eigenvalue weighted by Crippen LogP contribution is -2.45. The lowest BCUT2D eigenvalue weighted by atomic mass is 10.1. The molecule has 0 saturated heterocycles. The van der Waals surface area contributed by atoms with E-state index < -0.39 is 35.7 Å². The predicted octanol–water partition coefficient (Wildman–Crippen LogP) is 4.22. The Kier molecular flexibility index (Phi) is 6.12. The maximum absolute atomic E-state index is 12.9. The van der Waals surface area contributed by atoms with Crippen LogP contribution in [-0.4, -0.2) is 23.2 Å². The van der Waals surface area contributed by atoms with Gasteiger partial charge in [0, 0.05) is 9.26 Å². The first-order valence-corrected chi connectivity index (χ1v) is 8.36.